The Labute approximate surface area is 194 Å². The van der Waals surface area contributed by atoms with Crippen LogP contribution in [0.3, 0.4) is 0 Å². The fourth-order valence-electron chi connectivity index (χ4n) is 4.38. The summed E-state index contributed by atoms with van der Waals surface area (Å²) in [6.07, 6.45) is 2.36. The molecular formula is C26H32N2O5. The van der Waals surface area contributed by atoms with Crippen LogP contribution in [-0.2, 0) is 38.4 Å². The van der Waals surface area contributed by atoms with Crippen LogP contribution >= 0.6 is 0 Å². The van der Waals surface area contributed by atoms with Gasteiger partial charge in [0.2, 0.25) is 5.91 Å². The van der Waals surface area contributed by atoms with Crippen molar-refractivity contribution in [3.63, 3.8) is 0 Å². The maximum atomic E-state index is 13.4. The Hall–Kier alpha value is -3.19. The third kappa shape index (κ3) is 6.65. The summed E-state index contributed by atoms with van der Waals surface area (Å²) in [5, 5.41) is 12.6. The van der Waals surface area contributed by atoms with Gasteiger partial charge in [-0.25, -0.2) is 0 Å². The van der Waals surface area contributed by atoms with Crippen LogP contribution in [0.15, 0.2) is 54.6 Å². The van der Waals surface area contributed by atoms with E-state index < -0.39 is 24.0 Å². The summed E-state index contributed by atoms with van der Waals surface area (Å²) < 4.78 is 5.22. The molecule has 0 radical (unpaired) electrons. The highest BCUT2D eigenvalue weighted by Crippen LogP contribution is 2.26. The fraction of sp³-hybridized carbons (Fsp3) is 0.423. The van der Waals surface area contributed by atoms with Crippen molar-refractivity contribution in [2.45, 2.75) is 57.7 Å². The van der Waals surface area contributed by atoms with Gasteiger partial charge in [-0.1, -0.05) is 54.6 Å². The van der Waals surface area contributed by atoms with Gasteiger partial charge in [-0.05, 0) is 56.2 Å². The van der Waals surface area contributed by atoms with Crippen molar-refractivity contribution in [1.29, 1.82) is 0 Å². The number of carbonyl (C=O) groups excluding carboxylic acids is 2. The number of rotatable bonds is 11. The highest BCUT2D eigenvalue weighted by Gasteiger charge is 2.34. The number of carboxylic acids is 1. The van der Waals surface area contributed by atoms with Crippen molar-refractivity contribution in [2.24, 2.45) is 0 Å². The van der Waals surface area contributed by atoms with Crippen molar-refractivity contribution in [3.8, 4) is 0 Å². The topological polar surface area (TPSA) is 95.9 Å². The van der Waals surface area contributed by atoms with Crippen molar-refractivity contribution in [1.82, 2.24) is 10.2 Å². The molecule has 1 aliphatic carbocycles. The van der Waals surface area contributed by atoms with Crippen LogP contribution in [0.4, 0.5) is 0 Å². The van der Waals surface area contributed by atoms with Crippen molar-refractivity contribution in [2.75, 3.05) is 13.2 Å². The Morgan fingerprint density at radius 3 is 2.24 bits per heavy atom. The van der Waals surface area contributed by atoms with E-state index in [0.717, 1.165) is 16.7 Å². The number of nitrogens with one attached hydrogen (secondary N) is 1. The Morgan fingerprint density at radius 1 is 1.06 bits per heavy atom. The molecule has 1 aliphatic rings. The molecule has 2 aromatic carbocycles. The number of fused-ring (bicyclic) bond motifs is 1. The molecule has 0 saturated heterocycles. The minimum atomic E-state index is -1.06. The van der Waals surface area contributed by atoms with Crippen molar-refractivity contribution >= 4 is 17.8 Å². The van der Waals surface area contributed by atoms with Crippen LogP contribution in [0.5, 0.6) is 0 Å². The molecule has 0 unspecified atom stereocenters. The molecule has 0 heterocycles. The molecule has 7 nitrogen and oxygen atoms in total. The number of carbonyl (C=O) groups is 3. The number of nitrogens with zero attached hydrogens (tertiary/aromatic N) is 1. The SMILES string of the molecule is CCOC(=O)[C@H](CCc1ccccc1)N[C@H](C)C(=O)N(CC(=O)O)C1Cc2ccccc2C1. The monoisotopic (exact) mass is 452 g/mol. The van der Waals surface area contributed by atoms with Gasteiger partial charge in [0.05, 0.1) is 12.6 Å². The normalized spacial score (nSPS) is 14.8. The molecule has 0 bridgehead atoms. The van der Waals surface area contributed by atoms with Gasteiger partial charge >= 0.3 is 11.9 Å². The smallest absolute Gasteiger partial charge is 0.323 e. The quantitative estimate of drug-likeness (QED) is 0.509. The number of amides is 1. The first-order valence-electron chi connectivity index (χ1n) is 11.4. The highest BCUT2D eigenvalue weighted by molar-refractivity contribution is 5.86. The van der Waals surface area contributed by atoms with E-state index in [9.17, 15) is 19.5 Å². The molecule has 3 rings (SSSR count). The van der Waals surface area contributed by atoms with Crippen LogP contribution in [-0.4, -0.2) is 59.1 Å². The average molecular weight is 453 g/mol. The predicted octanol–water partition coefficient (Wildman–Crippen LogP) is 2.61. The molecule has 0 spiro atoms. The summed E-state index contributed by atoms with van der Waals surface area (Å²) in [6.45, 7) is 3.29. The van der Waals surface area contributed by atoms with E-state index in [-0.39, 0.29) is 25.1 Å². The average Bonchev–Trinajstić information content (AvgIpc) is 3.24. The zero-order chi connectivity index (χ0) is 23.8. The molecule has 33 heavy (non-hydrogen) atoms. The second kappa shape index (κ2) is 11.6. The molecule has 2 N–H and O–H groups in total. The Morgan fingerprint density at radius 2 is 1.67 bits per heavy atom. The number of aliphatic carboxylic acids is 1. The minimum absolute atomic E-state index is 0.222. The summed E-state index contributed by atoms with van der Waals surface area (Å²) in [6, 6.07) is 16.1. The lowest BCUT2D eigenvalue weighted by Crippen LogP contribution is -2.54. The highest BCUT2D eigenvalue weighted by atomic mass is 16.5. The third-order valence-electron chi connectivity index (χ3n) is 6.02. The number of esters is 1. The van der Waals surface area contributed by atoms with Crippen molar-refractivity contribution in [3.05, 3.63) is 71.3 Å². The molecule has 1 amide bonds. The lowest BCUT2D eigenvalue weighted by molar-refractivity contribution is -0.149. The zero-order valence-electron chi connectivity index (χ0n) is 19.2. The number of carboxylic acid groups (broad SMARTS) is 1. The minimum Gasteiger partial charge on any atom is -0.480 e. The summed E-state index contributed by atoms with van der Waals surface area (Å²) in [5.74, 6) is -1.80. The summed E-state index contributed by atoms with van der Waals surface area (Å²) in [4.78, 5) is 38.9. The summed E-state index contributed by atoms with van der Waals surface area (Å²) in [7, 11) is 0. The number of aryl methyl sites for hydroxylation is 1. The maximum absolute atomic E-state index is 13.4. The van der Waals surface area contributed by atoms with Gasteiger partial charge in [0.15, 0.2) is 0 Å². The first kappa shape index (κ1) is 24.5. The number of hydrogen-bond donors (Lipinski definition) is 2. The van der Waals surface area contributed by atoms with E-state index in [0.29, 0.717) is 25.7 Å². The van der Waals surface area contributed by atoms with Crippen LogP contribution < -0.4 is 5.32 Å². The lowest BCUT2D eigenvalue weighted by atomic mass is 10.0. The van der Waals surface area contributed by atoms with E-state index >= 15 is 0 Å². The Kier molecular flexibility index (Phi) is 8.60. The van der Waals surface area contributed by atoms with Crippen LogP contribution in [0.1, 0.15) is 37.0 Å². The molecule has 176 valence electrons. The van der Waals surface area contributed by atoms with E-state index in [1.54, 1.807) is 13.8 Å². The number of hydrogen-bond acceptors (Lipinski definition) is 5. The van der Waals surface area contributed by atoms with Crippen molar-refractivity contribution < 1.29 is 24.2 Å². The van der Waals surface area contributed by atoms with Gasteiger partial charge in [0, 0.05) is 6.04 Å². The van der Waals surface area contributed by atoms with E-state index in [4.69, 9.17) is 4.74 Å². The van der Waals surface area contributed by atoms with Gasteiger partial charge in [0.1, 0.15) is 12.6 Å². The fourth-order valence-corrected chi connectivity index (χ4v) is 4.38. The molecule has 0 aliphatic heterocycles. The first-order chi connectivity index (χ1) is 15.9. The summed E-state index contributed by atoms with van der Waals surface area (Å²) >= 11 is 0. The molecule has 7 heteroatoms. The Bertz CT molecular complexity index is 937. The van der Waals surface area contributed by atoms with E-state index in [2.05, 4.69) is 5.32 Å². The van der Waals surface area contributed by atoms with Crippen LogP contribution in [0.2, 0.25) is 0 Å². The number of ether oxygens (including phenoxy) is 1. The van der Waals surface area contributed by atoms with Crippen LogP contribution in [0, 0.1) is 0 Å². The van der Waals surface area contributed by atoms with Gasteiger partial charge in [-0.3, -0.25) is 19.7 Å². The summed E-state index contributed by atoms with van der Waals surface area (Å²) in [5.41, 5.74) is 3.36. The molecule has 0 saturated carbocycles. The molecular weight excluding hydrogens is 420 g/mol. The van der Waals surface area contributed by atoms with Gasteiger partial charge < -0.3 is 14.7 Å². The van der Waals surface area contributed by atoms with Gasteiger partial charge in [-0.15, -0.1) is 0 Å². The van der Waals surface area contributed by atoms with Gasteiger partial charge in [-0.2, -0.15) is 0 Å². The molecule has 2 atom stereocenters. The first-order valence-corrected chi connectivity index (χ1v) is 11.4. The zero-order valence-corrected chi connectivity index (χ0v) is 19.2. The maximum Gasteiger partial charge on any atom is 0.323 e. The predicted molar refractivity (Wildman–Crippen MR) is 125 cm³/mol. The van der Waals surface area contributed by atoms with E-state index in [1.807, 2.05) is 54.6 Å². The third-order valence-corrected chi connectivity index (χ3v) is 6.02. The van der Waals surface area contributed by atoms with Gasteiger partial charge in [0.25, 0.3) is 0 Å². The second-order valence-corrected chi connectivity index (χ2v) is 8.41. The lowest BCUT2D eigenvalue weighted by Gasteiger charge is -2.31. The Balaban J connectivity index is 1.70. The standard InChI is InChI=1S/C26H32N2O5/c1-3-33-26(32)23(14-13-19-9-5-4-6-10-19)27-18(2)25(31)28(17-24(29)30)22-15-20-11-7-8-12-21(20)16-22/h4-12,18,22-23,27H,3,13-17H2,1-2H3,(H,29,30)/t18-,23+/m1/s1. The second-order valence-electron chi connectivity index (χ2n) is 8.41. The molecule has 0 fully saturated rings. The molecule has 2 aromatic rings. The van der Waals surface area contributed by atoms with Crippen LogP contribution in [0.25, 0.3) is 0 Å². The molecule has 0 aromatic heterocycles. The largest absolute Gasteiger partial charge is 0.480 e. The number of benzene rings is 2. The van der Waals surface area contributed by atoms with E-state index in [1.165, 1.54) is 4.90 Å².